The molecule has 0 amide bonds. The van der Waals surface area contributed by atoms with Gasteiger partial charge in [-0.15, -0.1) is 0 Å². The van der Waals surface area contributed by atoms with E-state index in [-0.39, 0.29) is 11.3 Å². The largest absolute Gasteiger partial charge is 0.0622 e. The third-order valence-corrected chi connectivity index (χ3v) is 7.06. The second kappa shape index (κ2) is 7.46. The van der Waals surface area contributed by atoms with E-state index in [1.165, 1.54) is 55.3 Å². The Balaban J connectivity index is 1.79. The van der Waals surface area contributed by atoms with Gasteiger partial charge in [-0.05, 0) is 66.8 Å². The molecule has 1 aliphatic carbocycles. The van der Waals surface area contributed by atoms with Gasteiger partial charge >= 0.3 is 0 Å². The van der Waals surface area contributed by atoms with Crippen LogP contribution in [0.5, 0.6) is 0 Å². The van der Waals surface area contributed by atoms with Gasteiger partial charge in [0, 0.05) is 5.92 Å². The fourth-order valence-electron chi connectivity index (χ4n) is 5.84. The number of fused-ring (bicyclic) bond motifs is 3. The van der Waals surface area contributed by atoms with Gasteiger partial charge in [-0.3, -0.25) is 0 Å². The molecular weight excluding hydrogens is 396 g/mol. The Hall–Kier alpha value is -3.64. The van der Waals surface area contributed by atoms with E-state index in [9.17, 15) is 0 Å². The molecule has 0 aliphatic heterocycles. The van der Waals surface area contributed by atoms with Crippen LogP contribution >= 0.6 is 0 Å². The van der Waals surface area contributed by atoms with Crippen molar-refractivity contribution < 1.29 is 0 Å². The predicted molar refractivity (Wildman–Crippen MR) is 142 cm³/mol. The van der Waals surface area contributed by atoms with Crippen molar-refractivity contribution >= 4 is 10.8 Å². The monoisotopic (exact) mass is 424 g/mol. The van der Waals surface area contributed by atoms with E-state index < -0.39 is 0 Å². The molecule has 0 N–H and O–H groups in total. The fraction of sp³-hybridized carbons (Fsp3) is 0.152. The Morgan fingerprint density at radius 3 is 1.85 bits per heavy atom. The Kier molecular flexibility index (Phi) is 4.52. The van der Waals surface area contributed by atoms with Crippen LogP contribution in [0.3, 0.4) is 0 Å². The molecule has 0 heteroatoms. The first-order chi connectivity index (χ1) is 16.0. The Morgan fingerprint density at radius 2 is 1.15 bits per heavy atom. The van der Waals surface area contributed by atoms with Crippen LogP contribution in [0.1, 0.15) is 37.8 Å². The zero-order chi connectivity index (χ0) is 22.6. The summed E-state index contributed by atoms with van der Waals surface area (Å²) in [4.78, 5) is 0. The molecule has 5 aromatic rings. The highest BCUT2D eigenvalue weighted by molar-refractivity contribution is 6.19. The highest BCUT2D eigenvalue weighted by Crippen LogP contribution is 2.55. The summed E-state index contributed by atoms with van der Waals surface area (Å²) in [7, 11) is 0. The van der Waals surface area contributed by atoms with E-state index in [0.29, 0.717) is 0 Å². The Labute approximate surface area is 196 Å². The molecule has 0 aromatic heterocycles. The lowest BCUT2D eigenvalue weighted by Crippen LogP contribution is -2.20. The normalized spacial score (nSPS) is 13.2. The van der Waals surface area contributed by atoms with Crippen LogP contribution < -0.4 is 0 Å². The van der Waals surface area contributed by atoms with Crippen molar-refractivity contribution in [2.24, 2.45) is 5.41 Å². The maximum atomic E-state index is 2.47. The van der Waals surface area contributed by atoms with Crippen LogP contribution in [0.2, 0.25) is 0 Å². The average Bonchev–Trinajstić information content (AvgIpc) is 3.16. The highest BCUT2D eigenvalue weighted by atomic mass is 14.4. The molecule has 1 aliphatic rings. The lowest BCUT2D eigenvalue weighted by Gasteiger charge is -2.34. The van der Waals surface area contributed by atoms with E-state index in [0.717, 1.165) is 0 Å². The second-order valence-electron chi connectivity index (χ2n) is 10.2. The number of benzene rings is 5. The first kappa shape index (κ1) is 20.0. The standard InChI is InChI=1S/C33H28/c1-33(2,3)32(23-15-8-5-9-16-23)28-21-24-17-12-20-26-25-18-10-11-19-27(25)31(30(24)26)29(28)22-13-6-4-7-14-22/h4-21,32H,1-3H3. The number of hydrogen-bond acceptors (Lipinski definition) is 0. The van der Waals surface area contributed by atoms with E-state index >= 15 is 0 Å². The summed E-state index contributed by atoms with van der Waals surface area (Å²) in [5.41, 5.74) is 11.0. The minimum atomic E-state index is 0.0566. The summed E-state index contributed by atoms with van der Waals surface area (Å²) in [6.45, 7) is 7.11. The van der Waals surface area contributed by atoms with Gasteiger partial charge in [-0.1, -0.05) is 124 Å². The number of rotatable bonds is 3. The summed E-state index contributed by atoms with van der Waals surface area (Å²) in [6, 6.07) is 40.2. The van der Waals surface area contributed by atoms with Gasteiger partial charge in [0.15, 0.2) is 0 Å². The minimum Gasteiger partial charge on any atom is -0.0622 e. The van der Waals surface area contributed by atoms with Gasteiger partial charge in [-0.25, -0.2) is 0 Å². The molecule has 0 radical (unpaired) electrons. The summed E-state index contributed by atoms with van der Waals surface area (Å²) in [5.74, 6) is 0.269. The van der Waals surface area contributed by atoms with E-state index in [2.05, 4.69) is 130 Å². The first-order valence-electron chi connectivity index (χ1n) is 11.8. The maximum Gasteiger partial charge on any atom is 0.0144 e. The molecule has 0 nitrogen and oxygen atoms in total. The second-order valence-corrected chi connectivity index (χ2v) is 10.2. The van der Waals surface area contributed by atoms with Gasteiger partial charge in [0.2, 0.25) is 0 Å². The van der Waals surface area contributed by atoms with E-state index in [4.69, 9.17) is 0 Å². The van der Waals surface area contributed by atoms with Crippen molar-refractivity contribution in [3.05, 3.63) is 120 Å². The average molecular weight is 425 g/mol. The SMILES string of the molecule is CC(C)(C)C(c1ccccc1)c1cc2cccc3c2c(c1-c1ccccc1)-c1ccccc1-3. The maximum absolute atomic E-state index is 2.47. The van der Waals surface area contributed by atoms with Crippen LogP contribution in [0.4, 0.5) is 0 Å². The van der Waals surface area contributed by atoms with Crippen LogP contribution in [-0.4, -0.2) is 0 Å². The topological polar surface area (TPSA) is 0 Å². The van der Waals surface area contributed by atoms with Gasteiger partial charge in [0.05, 0.1) is 0 Å². The van der Waals surface area contributed by atoms with Gasteiger partial charge in [0.25, 0.3) is 0 Å². The molecule has 0 saturated heterocycles. The zero-order valence-corrected chi connectivity index (χ0v) is 19.5. The van der Waals surface area contributed by atoms with Crippen LogP contribution in [-0.2, 0) is 0 Å². The lowest BCUT2D eigenvalue weighted by molar-refractivity contribution is 0.359. The van der Waals surface area contributed by atoms with Crippen LogP contribution in [0.25, 0.3) is 44.2 Å². The molecule has 5 aromatic carbocycles. The summed E-state index contributed by atoms with van der Waals surface area (Å²) in [5, 5.41) is 2.72. The Bertz CT molecular complexity index is 1470. The van der Waals surface area contributed by atoms with E-state index in [1.807, 2.05) is 0 Å². The highest BCUT2D eigenvalue weighted by Gasteiger charge is 2.34. The zero-order valence-electron chi connectivity index (χ0n) is 19.5. The van der Waals surface area contributed by atoms with Gasteiger partial charge < -0.3 is 0 Å². The molecular formula is C33H28. The van der Waals surface area contributed by atoms with E-state index in [1.54, 1.807) is 0 Å². The molecule has 0 heterocycles. The molecule has 0 bridgehead atoms. The molecule has 33 heavy (non-hydrogen) atoms. The molecule has 0 saturated carbocycles. The van der Waals surface area contributed by atoms with Crippen molar-refractivity contribution in [1.82, 2.24) is 0 Å². The molecule has 0 spiro atoms. The smallest absolute Gasteiger partial charge is 0.0144 e. The van der Waals surface area contributed by atoms with Gasteiger partial charge in [-0.2, -0.15) is 0 Å². The van der Waals surface area contributed by atoms with Crippen molar-refractivity contribution in [3.8, 4) is 33.4 Å². The minimum absolute atomic E-state index is 0.0566. The molecule has 1 atom stereocenters. The van der Waals surface area contributed by atoms with Gasteiger partial charge in [0.1, 0.15) is 0 Å². The van der Waals surface area contributed by atoms with Crippen molar-refractivity contribution in [3.63, 3.8) is 0 Å². The predicted octanol–water partition coefficient (Wildman–Crippen LogP) is 9.33. The molecule has 6 rings (SSSR count). The summed E-state index contributed by atoms with van der Waals surface area (Å²) in [6.07, 6.45) is 0. The third-order valence-electron chi connectivity index (χ3n) is 7.06. The van der Waals surface area contributed by atoms with Crippen LogP contribution in [0, 0.1) is 5.41 Å². The molecule has 0 fully saturated rings. The lowest BCUT2D eigenvalue weighted by atomic mass is 9.69. The van der Waals surface area contributed by atoms with Crippen molar-refractivity contribution in [2.75, 3.05) is 0 Å². The first-order valence-corrected chi connectivity index (χ1v) is 11.8. The van der Waals surface area contributed by atoms with Crippen LogP contribution in [0.15, 0.2) is 109 Å². The van der Waals surface area contributed by atoms with Crippen molar-refractivity contribution in [2.45, 2.75) is 26.7 Å². The summed E-state index contributed by atoms with van der Waals surface area (Å²) >= 11 is 0. The fourth-order valence-corrected chi connectivity index (χ4v) is 5.84. The quantitative estimate of drug-likeness (QED) is 0.265. The van der Waals surface area contributed by atoms with Crippen molar-refractivity contribution in [1.29, 1.82) is 0 Å². The third kappa shape index (κ3) is 3.13. The summed E-state index contributed by atoms with van der Waals surface area (Å²) < 4.78 is 0. The molecule has 160 valence electrons. The molecule has 1 unspecified atom stereocenters. The Morgan fingerprint density at radius 1 is 0.545 bits per heavy atom. The number of hydrogen-bond donors (Lipinski definition) is 0.